The van der Waals surface area contributed by atoms with Crippen LogP contribution in [0, 0.1) is 0 Å². The van der Waals surface area contributed by atoms with E-state index in [4.69, 9.17) is 0 Å². The lowest BCUT2D eigenvalue weighted by molar-refractivity contribution is 0.528. The van der Waals surface area contributed by atoms with Crippen LogP contribution < -0.4 is 10.3 Å². The molecule has 0 fully saturated rings. The van der Waals surface area contributed by atoms with Gasteiger partial charge in [-0.2, -0.15) is 4.83 Å². The fourth-order valence-corrected chi connectivity index (χ4v) is 4.05. The number of aromatic nitrogens is 1. The van der Waals surface area contributed by atoms with Gasteiger partial charge in [-0.15, -0.1) is 0 Å². The third-order valence-corrected chi connectivity index (χ3v) is 5.85. The van der Waals surface area contributed by atoms with Crippen LogP contribution in [0.25, 0.3) is 27.7 Å². The van der Waals surface area contributed by atoms with Gasteiger partial charge in [-0.3, -0.25) is 4.21 Å². The van der Waals surface area contributed by atoms with Gasteiger partial charge in [0.25, 0.3) is 0 Å². The smallest absolute Gasteiger partial charge is 0.0537 e. The highest BCUT2D eigenvalue weighted by atomic mass is 32.2. The van der Waals surface area contributed by atoms with Crippen molar-refractivity contribution in [1.82, 2.24) is 9.40 Å². The lowest BCUT2D eigenvalue weighted by atomic mass is 9.99. The normalized spacial score (nSPS) is 12.4. The molecule has 0 aliphatic rings. The summed E-state index contributed by atoms with van der Waals surface area (Å²) in [6, 6.07) is 23.1. The molecule has 0 aliphatic carbocycles. The van der Waals surface area contributed by atoms with Gasteiger partial charge >= 0.3 is 0 Å². The molecule has 2 N–H and O–H groups in total. The number of aryl methyl sites for hydroxylation is 1. The molecule has 31 heavy (non-hydrogen) atoms. The van der Waals surface area contributed by atoms with E-state index in [0.29, 0.717) is 11.6 Å². The predicted molar refractivity (Wildman–Crippen MR) is 128 cm³/mol. The fourth-order valence-electron chi connectivity index (χ4n) is 3.85. The number of nitrogens with zero attached hydrogens (tertiary/aromatic N) is 1. The highest BCUT2D eigenvalue weighted by Gasteiger charge is 2.14. The number of rotatable bonds is 7. The number of benzene rings is 3. The Labute approximate surface area is 185 Å². The van der Waals surface area contributed by atoms with Crippen LogP contribution in [-0.4, -0.2) is 13.3 Å². The molecule has 4 rings (SSSR count). The molecule has 0 saturated carbocycles. The lowest BCUT2D eigenvalue weighted by Gasteiger charge is -2.12. The molecule has 6 heteroatoms. The van der Waals surface area contributed by atoms with E-state index < -0.39 is 11.3 Å². The van der Waals surface area contributed by atoms with Crippen molar-refractivity contribution in [1.29, 1.82) is 0 Å². The van der Waals surface area contributed by atoms with Crippen LogP contribution in [0.15, 0.2) is 72.9 Å². The molecule has 4 aromatic rings. The molecular weight excluding hydrogens is 406 g/mol. The minimum absolute atomic E-state index is 0.399. The summed E-state index contributed by atoms with van der Waals surface area (Å²) in [6.07, 6.45) is 3.23. The van der Waals surface area contributed by atoms with Gasteiger partial charge in [0.05, 0.1) is 5.52 Å². The van der Waals surface area contributed by atoms with E-state index in [1.807, 2.05) is 24.3 Å². The van der Waals surface area contributed by atoms with Gasteiger partial charge in [0.1, 0.15) is 0 Å². The highest BCUT2D eigenvalue weighted by molar-refractivity contribution is 7.77. The predicted octanol–water partition coefficient (Wildman–Crippen LogP) is 5.69. The molecule has 0 aliphatic heterocycles. The van der Waals surface area contributed by atoms with Crippen LogP contribution in [-0.2, 0) is 17.7 Å². The number of hydrogen-bond donors (Lipinski definition) is 2. The summed E-state index contributed by atoms with van der Waals surface area (Å²) in [5, 5.41) is 1.24. The van der Waals surface area contributed by atoms with E-state index >= 15 is 0 Å². The Kier molecular flexibility index (Phi) is 6.23. The molecule has 0 spiro atoms. The van der Waals surface area contributed by atoms with Crippen molar-refractivity contribution in [2.24, 2.45) is 0 Å². The Bertz CT molecular complexity index is 1210. The van der Waals surface area contributed by atoms with Gasteiger partial charge in [0.2, 0.25) is 0 Å². The molecule has 5 nitrogen and oxygen atoms in total. The molecule has 3 aromatic carbocycles. The third-order valence-electron chi connectivity index (χ3n) is 5.58. The van der Waals surface area contributed by atoms with E-state index in [1.165, 1.54) is 27.6 Å². The second-order valence-corrected chi connectivity index (χ2v) is 8.57. The van der Waals surface area contributed by atoms with E-state index in [0.717, 1.165) is 17.6 Å². The molecule has 1 heterocycles. The first kappa shape index (κ1) is 21.3. The van der Waals surface area contributed by atoms with Crippen LogP contribution in [0.1, 0.15) is 37.8 Å². The Balaban J connectivity index is 1.77. The minimum Gasteiger partial charge on any atom is -0.759 e. The monoisotopic (exact) mass is 432 g/mol. The van der Waals surface area contributed by atoms with Crippen molar-refractivity contribution in [3.63, 3.8) is 0 Å². The molecule has 1 unspecified atom stereocenters. The van der Waals surface area contributed by atoms with Gasteiger partial charge in [0, 0.05) is 34.2 Å². The van der Waals surface area contributed by atoms with Crippen molar-refractivity contribution in [3.8, 4) is 16.8 Å². The molecule has 1 aromatic heterocycles. The van der Waals surface area contributed by atoms with Crippen LogP contribution in [0.4, 0.5) is 5.69 Å². The Morgan fingerprint density at radius 1 is 0.968 bits per heavy atom. The second-order valence-electron chi connectivity index (χ2n) is 7.90. The Morgan fingerprint density at radius 3 is 2.26 bits per heavy atom. The summed E-state index contributed by atoms with van der Waals surface area (Å²) < 4.78 is 23.6. The van der Waals surface area contributed by atoms with Gasteiger partial charge in [-0.05, 0) is 64.9 Å². The number of fused-ring (bicyclic) bond motifs is 1. The van der Waals surface area contributed by atoms with E-state index in [9.17, 15) is 8.76 Å². The number of anilines is 1. The molecular formula is C25H26N3O2S-. The standard InChI is InChI=1S/C25H27N3O2S/c1-4-18-5-7-19(8-6-18)20-9-14-23-24(17(2)3)16-28(25(23)15-20)22-12-10-21(11-13-22)26-27-31(29)30/h5-17,26-27H,4H2,1-3H3,(H,29,30)/p-1. The summed E-state index contributed by atoms with van der Waals surface area (Å²) >= 11 is -2.37. The summed E-state index contributed by atoms with van der Waals surface area (Å²) in [4.78, 5) is 2.16. The first-order chi connectivity index (χ1) is 15.0. The Hall–Kier alpha value is -2.93. The van der Waals surface area contributed by atoms with E-state index in [1.54, 1.807) is 0 Å². The molecule has 0 bridgehead atoms. The van der Waals surface area contributed by atoms with Crippen LogP contribution in [0.5, 0.6) is 0 Å². The SMILES string of the molecule is CCc1ccc(-c2ccc3c(C(C)C)cn(-c4ccc(NNS(=O)[O-])cc4)c3c2)cc1. The van der Waals surface area contributed by atoms with Gasteiger partial charge in [-0.1, -0.05) is 57.2 Å². The van der Waals surface area contributed by atoms with Crippen LogP contribution in [0.3, 0.4) is 0 Å². The van der Waals surface area contributed by atoms with E-state index in [2.05, 4.69) is 84.3 Å². The maximum atomic E-state index is 10.7. The number of hydrazine groups is 1. The van der Waals surface area contributed by atoms with Crippen molar-refractivity contribution in [2.45, 2.75) is 33.1 Å². The quantitative estimate of drug-likeness (QED) is 0.291. The summed E-state index contributed by atoms with van der Waals surface area (Å²) in [5.41, 5.74) is 10.5. The van der Waals surface area contributed by atoms with Crippen LogP contribution >= 0.6 is 0 Å². The summed E-state index contributed by atoms with van der Waals surface area (Å²) in [5.74, 6) is 0.399. The van der Waals surface area contributed by atoms with Crippen LogP contribution in [0.2, 0.25) is 0 Å². The number of nitrogens with one attached hydrogen (secondary N) is 2. The Morgan fingerprint density at radius 2 is 1.65 bits per heavy atom. The fraction of sp³-hybridized carbons (Fsp3) is 0.200. The van der Waals surface area contributed by atoms with Crippen molar-refractivity contribution >= 4 is 27.9 Å². The summed E-state index contributed by atoms with van der Waals surface area (Å²) in [6.45, 7) is 6.58. The topological polar surface area (TPSA) is 69.1 Å². The first-order valence-corrected chi connectivity index (χ1v) is 11.5. The van der Waals surface area contributed by atoms with Gasteiger partial charge < -0.3 is 14.5 Å². The molecule has 1 atom stereocenters. The maximum absolute atomic E-state index is 10.7. The molecule has 0 amide bonds. The third kappa shape index (κ3) is 4.56. The van der Waals surface area contributed by atoms with Gasteiger partial charge in [-0.25, -0.2) is 0 Å². The zero-order valence-electron chi connectivity index (χ0n) is 17.9. The van der Waals surface area contributed by atoms with Crippen molar-refractivity contribution in [3.05, 3.63) is 84.1 Å². The van der Waals surface area contributed by atoms with E-state index in [-0.39, 0.29) is 0 Å². The van der Waals surface area contributed by atoms with Gasteiger partial charge in [0.15, 0.2) is 0 Å². The largest absolute Gasteiger partial charge is 0.759 e. The van der Waals surface area contributed by atoms with Crippen molar-refractivity contribution < 1.29 is 8.76 Å². The first-order valence-electron chi connectivity index (χ1n) is 10.4. The lowest BCUT2D eigenvalue weighted by Crippen LogP contribution is -2.23. The average molecular weight is 433 g/mol. The van der Waals surface area contributed by atoms with Crippen molar-refractivity contribution in [2.75, 3.05) is 5.43 Å². The zero-order valence-corrected chi connectivity index (χ0v) is 18.7. The number of hydrogen-bond acceptors (Lipinski definition) is 3. The average Bonchev–Trinajstić information content (AvgIpc) is 3.17. The zero-order chi connectivity index (χ0) is 22.0. The highest BCUT2D eigenvalue weighted by Crippen LogP contribution is 2.33. The molecule has 160 valence electrons. The molecule has 0 radical (unpaired) electrons. The summed E-state index contributed by atoms with van der Waals surface area (Å²) in [7, 11) is 0. The second kappa shape index (κ2) is 9.06. The molecule has 0 saturated heterocycles. The maximum Gasteiger partial charge on any atom is 0.0537 e. The minimum atomic E-state index is -2.37.